The highest BCUT2D eigenvalue weighted by Crippen LogP contribution is 1.72. The van der Waals surface area contributed by atoms with Crippen LogP contribution in [-0.4, -0.2) is 20.0 Å². The van der Waals surface area contributed by atoms with E-state index in [1.165, 1.54) is 7.11 Å². The van der Waals surface area contributed by atoms with Crippen LogP contribution >= 0.6 is 0 Å². The monoisotopic (exact) mass is 104 g/mol. The van der Waals surface area contributed by atoms with E-state index in [1.54, 1.807) is 0 Å². The summed E-state index contributed by atoms with van der Waals surface area (Å²) in [6.45, 7) is -0.137. The molecule has 1 radical (unpaired) electrons. The molecule has 1 amide bonds. The largest absolute Gasteiger partial charge is 0.428 e. The Balaban J connectivity index is 2.82. The Morgan fingerprint density at radius 1 is 1.86 bits per heavy atom. The van der Waals surface area contributed by atoms with Gasteiger partial charge in [0.05, 0.1) is 0 Å². The van der Waals surface area contributed by atoms with Crippen LogP contribution in [0.15, 0.2) is 0 Å². The molecule has 1 N–H and O–H groups in total. The lowest BCUT2D eigenvalue weighted by atomic mass is 11.2. The molecule has 7 heavy (non-hydrogen) atoms. The predicted octanol–water partition coefficient (Wildman–Crippen LogP) is 0.00980. The fraction of sp³-hybridized carbons (Fsp3) is 0.667. The van der Waals surface area contributed by atoms with Gasteiger partial charge in [-0.3, -0.25) is 0 Å². The SMILES string of the molecule is COCOC([NH])=O. The van der Waals surface area contributed by atoms with Crippen molar-refractivity contribution in [3.8, 4) is 0 Å². The lowest BCUT2D eigenvalue weighted by Crippen LogP contribution is -2.04. The molecular weight excluding hydrogens is 98.0 g/mol. The van der Waals surface area contributed by atoms with Crippen molar-refractivity contribution in [2.75, 3.05) is 13.9 Å². The van der Waals surface area contributed by atoms with Crippen LogP contribution in [0.3, 0.4) is 0 Å². The van der Waals surface area contributed by atoms with Crippen molar-refractivity contribution in [1.82, 2.24) is 5.73 Å². The molecule has 0 saturated carbocycles. The quantitative estimate of drug-likeness (QED) is 0.463. The molecule has 0 aromatic carbocycles. The summed E-state index contributed by atoms with van der Waals surface area (Å²) in [5, 5.41) is 0. The highest BCUT2D eigenvalue weighted by Gasteiger charge is 1.88. The number of carbonyl (C=O) groups is 1. The zero-order valence-electron chi connectivity index (χ0n) is 3.93. The van der Waals surface area contributed by atoms with Crippen molar-refractivity contribution in [2.45, 2.75) is 0 Å². The molecule has 0 aliphatic rings. The van der Waals surface area contributed by atoms with Gasteiger partial charge < -0.3 is 9.47 Å². The molecular formula is C3H6NO3. The summed E-state index contributed by atoms with van der Waals surface area (Å²) in [5.74, 6) is 0. The zero-order chi connectivity index (χ0) is 5.70. The third-order valence-electron chi connectivity index (χ3n) is 0.308. The molecule has 0 atom stereocenters. The summed E-state index contributed by atoms with van der Waals surface area (Å²) < 4.78 is 8.29. The average Bonchev–Trinajstić information content (AvgIpc) is 1.61. The molecule has 0 aliphatic heterocycles. The number of nitrogens with one attached hydrogen (secondary N) is 1. The second-order valence-corrected chi connectivity index (χ2v) is 0.838. The fourth-order valence-electron chi connectivity index (χ4n) is 0.112. The van der Waals surface area contributed by atoms with E-state index in [0.717, 1.165) is 0 Å². The number of methoxy groups -OCH3 is 1. The molecule has 4 nitrogen and oxygen atoms in total. The average molecular weight is 104 g/mol. The lowest BCUT2D eigenvalue weighted by molar-refractivity contribution is 0.0154. The standard InChI is InChI=1S/C3H6NO3/c1-6-2-7-3(4)5/h4H,2H2,1H3. The maximum absolute atomic E-state index is 9.57. The first kappa shape index (κ1) is 6.23. The van der Waals surface area contributed by atoms with Gasteiger partial charge in [-0.1, -0.05) is 0 Å². The maximum Gasteiger partial charge on any atom is 0.428 e. The molecule has 41 valence electrons. The molecule has 0 aliphatic carbocycles. The van der Waals surface area contributed by atoms with Crippen LogP contribution in [-0.2, 0) is 9.47 Å². The minimum Gasteiger partial charge on any atom is -0.421 e. The van der Waals surface area contributed by atoms with Crippen LogP contribution in [0.4, 0.5) is 4.79 Å². The van der Waals surface area contributed by atoms with Crippen molar-refractivity contribution < 1.29 is 14.3 Å². The summed E-state index contributed by atoms with van der Waals surface area (Å²) in [5.41, 5.74) is 6.14. The molecule has 0 spiro atoms. The number of hydrogen-bond donors (Lipinski definition) is 0. The first-order chi connectivity index (χ1) is 3.27. The van der Waals surface area contributed by atoms with Crippen molar-refractivity contribution in [3.05, 3.63) is 0 Å². The van der Waals surface area contributed by atoms with Crippen LogP contribution in [0.5, 0.6) is 0 Å². The first-order valence-corrected chi connectivity index (χ1v) is 1.64. The second-order valence-electron chi connectivity index (χ2n) is 0.838. The molecule has 4 heteroatoms. The Morgan fingerprint density at radius 3 is 2.57 bits per heavy atom. The van der Waals surface area contributed by atoms with Gasteiger partial charge in [-0.25, -0.2) is 10.5 Å². The molecule has 0 fully saturated rings. The molecule has 0 aromatic heterocycles. The summed E-state index contributed by atoms with van der Waals surface area (Å²) in [6, 6.07) is 0. The Labute approximate surface area is 41.2 Å². The Kier molecular flexibility index (Phi) is 3.04. The van der Waals surface area contributed by atoms with E-state index < -0.39 is 6.09 Å². The molecule has 0 saturated heterocycles. The van der Waals surface area contributed by atoms with Gasteiger partial charge in [0.25, 0.3) is 0 Å². The van der Waals surface area contributed by atoms with E-state index in [4.69, 9.17) is 5.73 Å². The molecule has 0 aromatic rings. The second kappa shape index (κ2) is 3.42. The predicted molar refractivity (Wildman–Crippen MR) is 21.5 cm³/mol. The third kappa shape index (κ3) is 5.23. The number of rotatable bonds is 2. The van der Waals surface area contributed by atoms with Crippen LogP contribution in [0.25, 0.3) is 0 Å². The molecule has 0 rings (SSSR count). The van der Waals surface area contributed by atoms with Gasteiger partial charge in [0.2, 0.25) is 0 Å². The topological polar surface area (TPSA) is 59.3 Å². The summed E-state index contributed by atoms with van der Waals surface area (Å²) in [4.78, 5) is 9.57. The Morgan fingerprint density at radius 2 is 2.43 bits per heavy atom. The molecule has 0 unspecified atom stereocenters. The van der Waals surface area contributed by atoms with Crippen LogP contribution in [0, 0.1) is 0 Å². The summed E-state index contributed by atoms with van der Waals surface area (Å²) in [7, 11) is 1.38. The highest BCUT2D eigenvalue weighted by atomic mass is 16.7. The van der Waals surface area contributed by atoms with Crippen molar-refractivity contribution >= 4 is 6.09 Å². The lowest BCUT2D eigenvalue weighted by Gasteiger charge is -1.93. The van der Waals surface area contributed by atoms with Crippen LogP contribution in [0.2, 0.25) is 0 Å². The van der Waals surface area contributed by atoms with Crippen LogP contribution in [0.1, 0.15) is 0 Å². The van der Waals surface area contributed by atoms with E-state index >= 15 is 0 Å². The van der Waals surface area contributed by atoms with Gasteiger partial charge in [0.15, 0.2) is 6.79 Å². The first-order valence-electron chi connectivity index (χ1n) is 1.64. The minimum absolute atomic E-state index is 0.137. The summed E-state index contributed by atoms with van der Waals surface area (Å²) in [6.07, 6.45) is -1.07. The fourth-order valence-corrected chi connectivity index (χ4v) is 0.112. The zero-order valence-corrected chi connectivity index (χ0v) is 3.93. The van der Waals surface area contributed by atoms with E-state index in [2.05, 4.69) is 9.47 Å². The van der Waals surface area contributed by atoms with E-state index in [-0.39, 0.29) is 6.79 Å². The number of amides is 1. The van der Waals surface area contributed by atoms with E-state index in [9.17, 15) is 4.79 Å². The van der Waals surface area contributed by atoms with Gasteiger partial charge in [0.1, 0.15) is 0 Å². The van der Waals surface area contributed by atoms with Crippen LogP contribution < -0.4 is 5.73 Å². The Bertz CT molecular complexity index is 63.2. The van der Waals surface area contributed by atoms with Gasteiger partial charge in [-0.2, -0.15) is 0 Å². The minimum atomic E-state index is -1.07. The normalized spacial score (nSPS) is 8.14. The number of ether oxygens (including phenoxy) is 2. The van der Waals surface area contributed by atoms with Crippen molar-refractivity contribution in [2.24, 2.45) is 0 Å². The van der Waals surface area contributed by atoms with Crippen molar-refractivity contribution in [3.63, 3.8) is 0 Å². The van der Waals surface area contributed by atoms with Gasteiger partial charge in [0, 0.05) is 7.11 Å². The smallest absolute Gasteiger partial charge is 0.421 e. The van der Waals surface area contributed by atoms with Gasteiger partial charge >= 0.3 is 6.09 Å². The van der Waals surface area contributed by atoms with E-state index in [1.807, 2.05) is 0 Å². The molecule has 0 bridgehead atoms. The van der Waals surface area contributed by atoms with Gasteiger partial charge in [-0.15, -0.1) is 0 Å². The van der Waals surface area contributed by atoms with Crippen molar-refractivity contribution in [1.29, 1.82) is 0 Å². The maximum atomic E-state index is 9.57. The third-order valence-corrected chi connectivity index (χ3v) is 0.308. The number of carbonyl (C=O) groups excluding carboxylic acids is 1. The molecule has 0 heterocycles. The summed E-state index contributed by atoms with van der Waals surface area (Å²) >= 11 is 0. The van der Waals surface area contributed by atoms with Gasteiger partial charge in [-0.05, 0) is 0 Å². The highest BCUT2D eigenvalue weighted by molar-refractivity contribution is 5.63. The van der Waals surface area contributed by atoms with E-state index in [0.29, 0.717) is 0 Å². The number of hydrogen-bond acceptors (Lipinski definition) is 3. The Hall–Kier alpha value is -0.770.